The molecule has 0 amide bonds. The predicted molar refractivity (Wildman–Crippen MR) is 56.1 cm³/mol. The molecule has 1 saturated heterocycles. The summed E-state index contributed by atoms with van der Waals surface area (Å²) in [6.45, 7) is 0. The van der Waals surface area contributed by atoms with Crippen LogP contribution in [0.2, 0.25) is 0 Å². The number of carbonyl (C=O) groups is 1. The van der Waals surface area contributed by atoms with Crippen molar-refractivity contribution in [2.75, 3.05) is 18.6 Å². The molecule has 0 radical (unpaired) electrons. The van der Waals surface area contributed by atoms with E-state index in [2.05, 4.69) is 11.9 Å². The maximum Gasteiger partial charge on any atom is 0.134 e. The minimum Gasteiger partial charge on any atom is -0.300 e. The highest BCUT2D eigenvalue weighted by atomic mass is 32.2. The predicted octanol–water partition coefficient (Wildman–Crippen LogP) is 1.55. The van der Waals surface area contributed by atoms with E-state index in [4.69, 9.17) is 0 Å². The highest BCUT2D eigenvalue weighted by molar-refractivity contribution is 7.99. The molecule has 2 rings (SSSR count). The van der Waals surface area contributed by atoms with Crippen molar-refractivity contribution in [3.05, 3.63) is 0 Å². The summed E-state index contributed by atoms with van der Waals surface area (Å²) < 4.78 is 0. The lowest BCUT2D eigenvalue weighted by Gasteiger charge is -2.29. The first-order valence-corrected chi connectivity index (χ1v) is 6.24. The largest absolute Gasteiger partial charge is 0.300 e. The van der Waals surface area contributed by atoms with Crippen molar-refractivity contribution in [1.29, 1.82) is 0 Å². The maximum absolute atomic E-state index is 11.1. The van der Waals surface area contributed by atoms with E-state index in [0.29, 0.717) is 11.8 Å². The quantitative estimate of drug-likeness (QED) is 0.673. The number of rotatable bonds is 2. The van der Waals surface area contributed by atoms with Gasteiger partial charge in [-0.05, 0) is 25.6 Å². The third-order valence-corrected chi connectivity index (χ3v) is 4.42. The highest BCUT2D eigenvalue weighted by Crippen LogP contribution is 2.27. The van der Waals surface area contributed by atoms with E-state index in [1.807, 2.05) is 11.8 Å². The van der Waals surface area contributed by atoms with Crippen molar-refractivity contribution in [2.45, 2.75) is 37.8 Å². The first-order valence-electron chi connectivity index (χ1n) is 5.09. The van der Waals surface area contributed by atoms with Crippen molar-refractivity contribution in [2.24, 2.45) is 0 Å². The van der Waals surface area contributed by atoms with Gasteiger partial charge in [-0.2, -0.15) is 11.8 Å². The minimum absolute atomic E-state index is 0.461. The summed E-state index contributed by atoms with van der Waals surface area (Å²) in [7, 11) is 2.19. The average molecular weight is 199 g/mol. The zero-order valence-electron chi connectivity index (χ0n) is 8.16. The van der Waals surface area contributed by atoms with E-state index in [1.165, 1.54) is 17.9 Å². The van der Waals surface area contributed by atoms with E-state index in [9.17, 15) is 4.79 Å². The molecule has 2 aliphatic rings. The van der Waals surface area contributed by atoms with Gasteiger partial charge in [0.05, 0.1) is 0 Å². The maximum atomic E-state index is 11.1. The Bertz CT molecular complexity index is 201. The Morgan fingerprint density at radius 1 is 1.38 bits per heavy atom. The van der Waals surface area contributed by atoms with Gasteiger partial charge in [0.1, 0.15) is 5.78 Å². The molecule has 2 atom stereocenters. The van der Waals surface area contributed by atoms with Crippen molar-refractivity contribution in [3.63, 3.8) is 0 Å². The van der Waals surface area contributed by atoms with Crippen LogP contribution in [0, 0.1) is 0 Å². The standard InChI is InChI=1S/C10H17NOS/c1-11(9-4-5-13-7-9)8-2-3-10(12)6-8/h8-9H,2-7H2,1H3. The number of Topliss-reactive ketones (excluding diaryl/α,β-unsaturated/α-hetero) is 1. The second-order valence-electron chi connectivity index (χ2n) is 4.12. The molecule has 0 aromatic heterocycles. The van der Waals surface area contributed by atoms with Crippen LogP contribution in [0.1, 0.15) is 25.7 Å². The lowest BCUT2D eigenvalue weighted by atomic mass is 10.1. The molecule has 1 heterocycles. The van der Waals surface area contributed by atoms with Gasteiger partial charge in [-0.3, -0.25) is 9.69 Å². The summed E-state index contributed by atoms with van der Waals surface area (Å²) in [4.78, 5) is 13.6. The van der Waals surface area contributed by atoms with Crippen LogP contribution in [0.15, 0.2) is 0 Å². The lowest BCUT2D eigenvalue weighted by molar-refractivity contribution is -0.117. The lowest BCUT2D eigenvalue weighted by Crippen LogP contribution is -2.39. The third-order valence-electron chi connectivity index (χ3n) is 3.28. The van der Waals surface area contributed by atoms with E-state index >= 15 is 0 Å². The van der Waals surface area contributed by atoms with Crippen molar-refractivity contribution < 1.29 is 4.79 Å². The van der Waals surface area contributed by atoms with Gasteiger partial charge in [0.2, 0.25) is 0 Å². The number of hydrogen-bond donors (Lipinski definition) is 0. The Balaban J connectivity index is 1.88. The molecule has 1 saturated carbocycles. The molecule has 74 valence electrons. The summed E-state index contributed by atoms with van der Waals surface area (Å²) in [6, 6.07) is 1.29. The molecule has 0 N–H and O–H groups in total. The molecular weight excluding hydrogens is 182 g/mol. The summed E-state index contributed by atoms with van der Waals surface area (Å²) in [6.07, 6.45) is 4.02. The van der Waals surface area contributed by atoms with Crippen LogP contribution in [-0.4, -0.2) is 41.3 Å². The second kappa shape index (κ2) is 4.01. The normalized spacial score (nSPS) is 34.8. The summed E-state index contributed by atoms with van der Waals surface area (Å²) in [5.41, 5.74) is 0. The van der Waals surface area contributed by atoms with Gasteiger partial charge in [0.25, 0.3) is 0 Å². The molecule has 13 heavy (non-hydrogen) atoms. The molecule has 3 heteroatoms. The van der Waals surface area contributed by atoms with E-state index < -0.39 is 0 Å². The van der Waals surface area contributed by atoms with Crippen LogP contribution < -0.4 is 0 Å². The highest BCUT2D eigenvalue weighted by Gasteiger charge is 2.30. The van der Waals surface area contributed by atoms with Crippen molar-refractivity contribution in [3.8, 4) is 0 Å². The molecular formula is C10H17NOS. The average Bonchev–Trinajstić information content (AvgIpc) is 2.72. The molecule has 1 aliphatic heterocycles. The molecule has 1 aliphatic carbocycles. The van der Waals surface area contributed by atoms with E-state index in [1.54, 1.807) is 0 Å². The molecule has 2 fully saturated rings. The van der Waals surface area contributed by atoms with Crippen LogP contribution in [0.5, 0.6) is 0 Å². The molecule has 2 unspecified atom stereocenters. The number of nitrogens with zero attached hydrogens (tertiary/aromatic N) is 1. The minimum atomic E-state index is 0.461. The summed E-state index contributed by atoms with van der Waals surface area (Å²) in [5.74, 6) is 3.03. The van der Waals surface area contributed by atoms with Gasteiger partial charge in [0.15, 0.2) is 0 Å². The number of thioether (sulfide) groups is 1. The van der Waals surface area contributed by atoms with Crippen LogP contribution >= 0.6 is 11.8 Å². The van der Waals surface area contributed by atoms with E-state index in [-0.39, 0.29) is 0 Å². The van der Waals surface area contributed by atoms with Gasteiger partial charge in [-0.1, -0.05) is 0 Å². The second-order valence-corrected chi connectivity index (χ2v) is 5.27. The Hall–Kier alpha value is -0.0200. The molecule has 2 nitrogen and oxygen atoms in total. The SMILES string of the molecule is CN(C1CCSC1)C1CCC(=O)C1. The zero-order chi connectivity index (χ0) is 9.26. The Labute approximate surface area is 84.1 Å². The van der Waals surface area contributed by atoms with Gasteiger partial charge < -0.3 is 0 Å². The number of carbonyl (C=O) groups excluding carboxylic acids is 1. The summed E-state index contributed by atoms with van der Waals surface area (Å²) >= 11 is 2.04. The fourth-order valence-corrected chi connectivity index (χ4v) is 3.56. The van der Waals surface area contributed by atoms with Gasteiger partial charge >= 0.3 is 0 Å². The number of ketones is 1. The van der Waals surface area contributed by atoms with Gasteiger partial charge in [-0.15, -0.1) is 0 Å². The Morgan fingerprint density at radius 2 is 2.23 bits per heavy atom. The first kappa shape index (κ1) is 9.53. The number of hydrogen-bond acceptors (Lipinski definition) is 3. The van der Waals surface area contributed by atoms with E-state index in [0.717, 1.165) is 25.3 Å². The topological polar surface area (TPSA) is 20.3 Å². The van der Waals surface area contributed by atoms with Crippen molar-refractivity contribution >= 4 is 17.5 Å². The molecule has 0 aromatic carbocycles. The van der Waals surface area contributed by atoms with Gasteiger partial charge in [-0.25, -0.2) is 0 Å². The van der Waals surface area contributed by atoms with Gasteiger partial charge in [0, 0.05) is 30.7 Å². The van der Waals surface area contributed by atoms with Crippen LogP contribution in [0.3, 0.4) is 0 Å². The zero-order valence-corrected chi connectivity index (χ0v) is 8.98. The summed E-state index contributed by atoms with van der Waals surface area (Å²) in [5, 5.41) is 0. The Kier molecular flexibility index (Phi) is 2.94. The molecule has 0 aromatic rings. The fraction of sp³-hybridized carbons (Fsp3) is 0.900. The Morgan fingerprint density at radius 3 is 2.77 bits per heavy atom. The molecule has 0 spiro atoms. The monoisotopic (exact) mass is 199 g/mol. The van der Waals surface area contributed by atoms with Crippen LogP contribution in [-0.2, 0) is 4.79 Å². The molecule has 0 bridgehead atoms. The fourth-order valence-electron chi connectivity index (χ4n) is 2.28. The third kappa shape index (κ3) is 2.08. The van der Waals surface area contributed by atoms with Crippen molar-refractivity contribution in [1.82, 2.24) is 4.90 Å². The smallest absolute Gasteiger partial charge is 0.134 e. The first-order chi connectivity index (χ1) is 6.27. The van der Waals surface area contributed by atoms with Crippen LogP contribution in [0.25, 0.3) is 0 Å². The van der Waals surface area contributed by atoms with Crippen LogP contribution in [0.4, 0.5) is 0 Å².